The molecule has 168 valence electrons. The molecule has 0 atom stereocenters. The van der Waals surface area contributed by atoms with Crippen molar-refractivity contribution < 1.29 is 14.4 Å². The summed E-state index contributed by atoms with van der Waals surface area (Å²) in [4.78, 5) is 44.7. The molecule has 0 aromatic heterocycles. The molecule has 3 amide bonds. The molecule has 0 unspecified atom stereocenters. The summed E-state index contributed by atoms with van der Waals surface area (Å²) in [5.41, 5.74) is 1.26. The Morgan fingerprint density at radius 1 is 0.968 bits per heavy atom. The summed E-state index contributed by atoms with van der Waals surface area (Å²) in [5, 5.41) is 2.97. The summed E-state index contributed by atoms with van der Waals surface area (Å²) in [5.74, 6) is 0.0708. The van der Waals surface area contributed by atoms with Crippen LogP contribution >= 0.6 is 11.8 Å². The number of hydrogen-bond acceptors (Lipinski definition) is 5. The van der Waals surface area contributed by atoms with Crippen LogP contribution in [0.5, 0.6) is 0 Å². The van der Waals surface area contributed by atoms with E-state index in [-0.39, 0.29) is 24.3 Å². The number of anilines is 1. The molecule has 2 saturated heterocycles. The monoisotopic (exact) mass is 444 g/mol. The zero-order valence-corrected chi connectivity index (χ0v) is 18.9. The van der Waals surface area contributed by atoms with E-state index in [0.717, 1.165) is 50.5 Å². The van der Waals surface area contributed by atoms with Gasteiger partial charge in [0.1, 0.15) is 6.54 Å². The maximum atomic E-state index is 12.8. The number of amides is 3. The summed E-state index contributed by atoms with van der Waals surface area (Å²) in [6.07, 6.45) is 7.11. The van der Waals surface area contributed by atoms with Gasteiger partial charge in [-0.1, -0.05) is 12.8 Å². The molecule has 1 N–H and O–H groups in total. The Balaban J connectivity index is 1.37. The average molecular weight is 445 g/mol. The van der Waals surface area contributed by atoms with E-state index in [0.29, 0.717) is 23.5 Å². The molecule has 3 heterocycles. The predicted octanol–water partition coefficient (Wildman–Crippen LogP) is 2.35. The lowest BCUT2D eigenvalue weighted by molar-refractivity contribution is -0.123. The van der Waals surface area contributed by atoms with E-state index in [2.05, 4.69) is 10.2 Å². The number of rotatable bonds is 6. The van der Waals surface area contributed by atoms with Crippen molar-refractivity contribution in [1.82, 2.24) is 15.1 Å². The van der Waals surface area contributed by atoms with Crippen LogP contribution in [0, 0.1) is 0 Å². The average Bonchev–Trinajstić information content (AvgIpc) is 3.19. The van der Waals surface area contributed by atoms with E-state index in [1.807, 2.05) is 17.0 Å². The third-order valence-corrected chi connectivity index (χ3v) is 7.34. The van der Waals surface area contributed by atoms with Gasteiger partial charge in [0.25, 0.3) is 5.91 Å². The Bertz CT molecular complexity index is 817. The van der Waals surface area contributed by atoms with Crippen molar-refractivity contribution in [3.63, 3.8) is 0 Å². The van der Waals surface area contributed by atoms with Crippen molar-refractivity contribution in [2.75, 3.05) is 56.5 Å². The zero-order chi connectivity index (χ0) is 21.6. The molecule has 0 spiro atoms. The highest BCUT2D eigenvalue weighted by Crippen LogP contribution is 2.36. The summed E-state index contributed by atoms with van der Waals surface area (Å²) in [7, 11) is 0. The summed E-state index contributed by atoms with van der Waals surface area (Å²) < 4.78 is 0. The molecule has 1 aromatic carbocycles. The van der Waals surface area contributed by atoms with Crippen LogP contribution in [0.2, 0.25) is 0 Å². The van der Waals surface area contributed by atoms with E-state index >= 15 is 0 Å². The first-order chi connectivity index (χ1) is 15.1. The fraction of sp³-hybridized carbons (Fsp3) is 0.609. The Kier molecular flexibility index (Phi) is 7.50. The van der Waals surface area contributed by atoms with E-state index in [1.165, 1.54) is 42.3 Å². The first-order valence-electron chi connectivity index (χ1n) is 11.5. The van der Waals surface area contributed by atoms with E-state index in [9.17, 15) is 14.4 Å². The normalized spacial score (nSPS) is 19.8. The number of thioether (sulfide) groups is 1. The molecule has 0 saturated carbocycles. The first-order valence-corrected chi connectivity index (χ1v) is 12.5. The van der Waals surface area contributed by atoms with Crippen LogP contribution in [-0.4, -0.2) is 79.1 Å². The molecule has 0 aliphatic carbocycles. The molecule has 1 aromatic rings. The van der Waals surface area contributed by atoms with Crippen molar-refractivity contribution in [1.29, 1.82) is 0 Å². The molecule has 0 bridgehead atoms. The van der Waals surface area contributed by atoms with Crippen molar-refractivity contribution >= 4 is 35.2 Å². The summed E-state index contributed by atoms with van der Waals surface area (Å²) in [6, 6.07) is 5.52. The zero-order valence-electron chi connectivity index (χ0n) is 18.1. The minimum Gasteiger partial charge on any atom is -0.353 e. The van der Waals surface area contributed by atoms with Gasteiger partial charge in [-0.2, -0.15) is 0 Å². The molecule has 2 fully saturated rings. The SMILES string of the molecule is O=C(CN1C(=O)CSc2ccc(C(=O)N3CCCC3)cc21)NCCN1CCCCCC1. The number of benzene rings is 1. The van der Waals surface area contributed by atoms with Crippen LogP contribution in [-0.2, 0) is 9.59 Å². The highest BCUT2D eigenvalue weighted by Gasteiger charge is 2.28. The largest absolute Gasteiger partial charge is 0.353 e. The Morgan fingerprint density at radius 3 is 2.42 bits per heavy atom. The lowest BCUT2D eigenvalue weighted by Gasteiger charge is -2.29. The van der Waals surface area contributed by atoms with Gasteiger partial charge >= 0.3 is 0 Å². The Hall–Kier alpha value is -2.06. The van der Waals surface area contributed by atoms with Crippen LogP contribution in [0.25, 0.3) is 0 Å². The van der Waals surface area contributed by atoms with E-state index in [1.54, 1.807) is 6.07 Å². The maximum absolute atomic E-state index is 12.8. The maximum Gasteiger partial charge on any atom is 0.253 e. The summed E-state index contributed by atoms with van der Waals surface area (Å²) >= 11 is 1.46. The second-order valence-corrected chi connectivity index (χ2v) is 9.57. The highest BCUT2D eigenvalue weighted by atomic mass is 32.2. The first kappa shape index (κ1) is 22.1. The standard InChI is InChI=1S/C23H32N4O3S/c28-21(24-9-14-25-10-3-1-2-4-11-25)16-27-19-15-18(23(30)26-12-5-6-13-26)7-8-20(19)31-17-22(27)29/h7-8,15H,1-6,9-14,16-17H2,(H,24,28). The fourth-order valence-corrected chi connectivity index (χ4v) is 5.44. The lowest BCUT2D eigenvalue weighted by Crippen LogP contribution is -2.45. The Morgan fingerprint density at radius 2 is 1.68 bits per heavy atom. The molecule has 4 rings (SSSR count). The van der Waals surface area contributed by atoms with Crippen molar-refractivity contribution in [3.8, 4) is 0 Å². The molecule has 3 aliphatic heterocycles. The highest BCUT2D eigenvalue weighted by molar-refractivity contribution is 8.00. The molecule has 7 nitrogen and oxygen atoms in total. The number of nitrogens with one attached hydrogen (secondary N) is 1. The van der Waals surface area contributed by atoms with Crippen LogP contribution in [0.4, 0.5) is 5.69 Å². The second-order valence-electron chi connectivity index (χ2n) is 8.56. The minimum absolute atomic E-state index is 0.00479. The molecule has 3 aliphatic rings. The molecular formula is C23H32N4O3S. The van der Waals surface area contributed by atoms with Gasteiger partial charge in [-0.05, 0) is 57.0 Å². The topological polar surface area (TPSA) is 73.0 Å². The van der Waals surface area contributed by atoms with Crippen molar-refractivity contribution in [2.45, 2.75) is 43.4 Å². The molecule has 8 heteroatoms. The number of carbonyl (C=O) groups is 3. The fourth-order valence-electron chi connectivity index (χ4n) is 4.52. The Labute approximate surface area is 188 Å². The van der Waals surface area contributed by atoms with Crippen LogP contribution in [0.1, 0.15) is 48.9 Å². The number of likely N-dealkylation sites (tertiary alicyclic amines) is 2. The van der Waals surface area contributed by atoms with Gasteiger partial charge in [-0.3, -0.25) is 14.4 Å². The van der Waals surface area contributed by atoms with Gasteiger partial charge in [-0.15, -0.1) is 11.8 Å². The smallest absolute Gasteiger partial charge is 0.253 e. The number of fused-ring (bicyclic) bond motifs is 1. The minimum atomic E-state index is -0.155. The van der Waals surface area contributed by atoms with Gasteiger partial charge < -0.3 is 20.0 Å². The van der Waals surface area contributed by atoms with Crippen molar-refractivity contribution in [2.24, 2.45) is 0 Å². The van der Waals surface area contributed by atoms with Crippen molar-refractivity contribution in [3.05, 3.63) is 23.8 Å². The third-order valence-electron chi connectivity index (χ3n) is 6.29. The van der Waals surface area contributed by atoms with Crippen LogP contribution in [0.15, 0.2) is 23.1 Å². The van der Waals surface area contributed by atoms with Crippen LogP contribution < -0.4 is 10.2 Å². The molecular weight excluding hydrogens is 412 g/mol. The van der Waals surface area contributed by atoms with Gasteiger partial charge in [0.15, 0.2) is 0 Å². The second kappa shape index (κ2) is 10.5. The summed E-state index contributed by atoms with van der Waals surface area (Å²) in [6.45, 7) is 5.20. The molecule has 31 heavy (non-hydrogen) atoms. The van der Waals surface area contributed by atoms with Gasteiger partial charge in [-0.25, -0.2) is 0 Å². The lowest BCUT2D eigenvalue weighted by atomic mass is 10.1. The third kappa shape index (κ3) is 5.60. The van der Waals surface area contributed by atoms with Gasteiger partial charge in [0.05, 0.1) is 11.4 Å². The van der Waals surface area contributed by atoms with Gasteiger partial charge in [0.2, 0.25) is 11.8 Å². The molecule has 0 radical (unpaired) electrons. The van der Waals surface area contributed by atoms with E-state index < -0.39 is 0 Å². The number of hydrogen-bond donors (Lipinski definition) is 1. The van der Waals surface area contributed by atoms with Gasteiger partial charge in [0, 0.05) is 36.6 Å². The predicted molar refractivity (Wildman–Crippen MR) is 123 cm³/mol. The number of nitrogens with zero attached hydrogens (tertiary/aromatic N) is 3. The van der Waals surface area contributed by atoms with E-state index in [4.69, 9.17) is 0 Å². The van der Waals surface area contributed by atoms with Crippen LogP contribution in [0.3, 0.4) is 0 Å². The quantitative estimate of drug-likeness (QED) is 0.729. The number of carbonyl (C=O) groups excluding carboxylic acids is 3.